The molecule has 2 heterocycles. The smallest absolute Gasteiger partial charge is 0.191 e. The van der Waals surface area contributed by atoms with Crippen molar-refractivity contribution in [3.8, 4) is 5.75 Å². The van der Waals surface area contributed by atoms with Crippen molar-refractivity contribution in [3.63, 3.8) is 0 Å². The lowest BCUT2D eigenvalue weighted by atomic mass is 9.90. The fourth-order valence-corrected chi connectivity index (χ4v) is 3.88. The molecule has 1 atom stereocenters. The van der Waals surface area contributed by atoms with Gasteiger partial charge in [0.25, 0.3) is 0 Å². The summed E-state index contributed by atoms with van der Waals surface area (Å²) in [6.45, 7) is 5.63. The Morgan fingerprint density at radius 1 is 1.16 bits per heavy atom. The zero-order valence-electron chi connectivity index (χ0n) is 18.2. The summed E-state index contributed by atoms with van der Waals surface area (Å²) in [5.74, 6) is 2.65. The maximum Gasteiger partial charge on any atom is 0.191 e. The van der Waals surface area contributed by atoms with Crippen LogP contribution in [0.25, 0.3) is 0 Å². The Balaban J connectivity index is 0.00000272. The van der Waals surface area contributed by atoms with Crippen LogP contribution in [0.2, 0.25) is 0 Å². The molecule has 1 aromatic heterocycles. The average molecular weight is 531 g/mol. The van der Waals surface area contributed by atoms with Gasteiger partial charge in [0.15, 0.2) is 5.96 Å². The van der Waals surface area contributed by atoms with Crippen LogP contribution >= 0.6 is 24.0 Å². The standard InChI is InChI=1S/C24H29N5O.HI/c1-24(2)15-20(19-11-7-8-12-21(19)30-24)28-23(25-3)27-16-22-26-13-14-29(22)17-18-9-5-4-6-10-18;/h4-14,20H,15-17H2,1-3H3,(H2,25,27,28);1H. The van der Waals surface area contributed by atoms with Gasteiger partial charge in [0.05, 0.1) is 12.6 Å². The number of imidazole rings is 1. The Kier molecular flexibility index (Phi) is 7.59. The molecule has 1 aliphatic rings. The first-order chi connectivity index (χ1) is 14.5. The van der Waals surface area contributed by atoms with E-state index in [1.165, 1.54) is 5.56 Å². The van der Waals surface area contributed by atoms with Gasteiger partial charge in [-0.3, -0.25) is 4.99 Å². The first-order valence-electron chi connectivity index (χ1n) is 10.3. The van der Waals surface area contributed by atoms with Crippen molar-refractivity contribution in [3.05, 3.63) is 83.9 Å². The van der Waals surface area contributed by atoms with E-state index in [9.17, 15) is 0 Å². The summed E-state index contributed by atoms with van der Waals surface area (Å²) in [7, 11) is 1.79. The van der Waals surface area contributed by atoms with E-state index in [1.807, 2.05) is 36.7 Å². The summed E-state index contributed by atoms with van der Waals surface area (Å²) in [6, 6.07) is 18.7. The van der Waals surface area contributed by atoms with Gasteiger partial charge in [-0.05, 0) is 25.5 Å². The average Bonchev–Trinajstić information content (AvgIpc) is 3.17. The predicted molar refractivity (Wildman–Crippen MR) is 135 cm³/mol. The van der Waals surface area contributed by atoms with Crippen molar-refractivity contribution in [2.45, 2.75) is 45.0 Å². The minimum Gasteiger partial charge on any atom is -0.487 e. The van der Waals surface area contributed by atoms with Gasteiger partial charge >= 0.3 is 0 Å². The number of rotatable bonds is 5. The van der Waals surface area contributed by atoms with E-state index in [1.54, 1.807) is 7.05 Å². The van der Waals surface area contributed by atoms with E-state index in [0.717, 1.165) is 36.1 Å². The van der Waals surface area contributed by atoms with Crippen LogP contribution < -0.4 is 15.4 Å². The Bertz CT molecular complexity index is 1020. The maximum atomic E-state index is 6.14. The second-order valence-electron chi connectivity index (χ2n) is 8.18. The summed E-state index contributed by atoms with van der Waals surface area (Å²) in [5, 5.41) is 6.99. The number of benzene rings is 2. The maximum absolute atomic E-state index is 6.14. The molecule has 3 aromatic rings. The van der Waals surface area contributed by atoms with Crippen molar-refractivity contribution >= 4 is 29.9 Å². The molecule has 0 bridgehead atoms. The lowest BCUT2D eigenvalue weighted by Gasteiger charge is -2.38. The fraction of sp³-hybridized carbons (Fsp3) is 0.333. The SMILES string of the molecule is CN=C(NCc1nccn1Cc1ccccc1)NC1CC(C)(C)Oc2ccccc21.I. The van der Waals surface area contributed by atoms with Gasteiger partial charge in [-0.15, -0.1) is 24.0 Å². The van der Waals surface area contributed by atoms with Crippen LogP contribution in [0.1, 0.15) is 43.3 Å². The topological polar surface area (TPSA) is 63.5 Å². The largest absolute Gasteiger partial charge is 0.487 e. The Morgan fingerprint density at radius 3 is 2.68 bits per heavy atom. The molecule has 6 nitrogen and oxygen atoms in total. The fourth-order valence-electron chi connectivity index (χ4n) is 3.88. The van der Waals surface area contributed by atoms with Crippen LogP contribution in [-0.2, 0) is 13.1 Å². The molecule has 0 aliphatic carbocycles. The first kappa shape index (κ1) is 23.1. The number of aliphatic imine (C=N–C) groups is 1. The molecule has 1 unspecified atom stereocenters. The normalized spacial score (nSPS) is 17.1. The molecule has 1 aliphatic heterocycles. The lowest BCUT2D eigenvalue weighted by Crippen LogP contribution is -2.45. The van der Waals surface area contributed by atoms with E-state index in [0.29, 0.717) is 6.54 Å². The van der Waals surface area contributed by atoms with Crippen LogP contribution in [0.3, 0.4) is 0 Å². The van der Waals surface area contributed by atoms with E-state index >= 15 is 0 Å². The molecule has 2 aromatic carbocycles. The molecule has 0 radical (unpaired) electrons. The van der Waals surface area contributed by atoms with Crippen molar-refractivity contribution in [1.29, 1.82) is 0 Å². The van der Waals surface area contributed by atoms with Gasteiger partial charge in [-0.2, -0.15) is 0 Å². The molecule has 0 saturated carbocycles. The quantitative estimate of drug-likeness (QED) is 0.289. The summed E-state index contributed by atoms with van der Waals surface area (Å²) in [5.41, 5.74) is 2.17. The summed E-state index contributed by atoms with van der Waals surface area (Å²) >= 11 is 0. The highest BCUT2D eigenvalue weighted by molar-refractivity contribution is 14.0. The number of ether oxygens (including phenoxy) is 1. The van der Waals surface area contributed by atoms with Gasteiger partial charge in [0.2, 0.25) is 0 Å². The third-order valence-corrected chi connectivity index (χ3v) is 5.32. The second kappa shape index (κ2) is 10.2. The highest BCUT2D eigenvalue weighted by Crippen LogP contribution is 2.39. The van der Waals surface area contributed by atoms with E-state index < -0.39 is 0 Å². The van der Waals surface area contributed by atoms with Gasteiger partial charge in [0.1, 0.15) is 17.2 Å². The zero-order valence-corrected chi connectivity index (χ0v) is 20.5. The van der Waals surface area contributed by atoms with Crippen molar-refractivity contribution in [1.82, 2.24) is 20.2 Å². The highest BCUT2D eigenvalue weighted by Gasteiger charge is 2.33. The van der Waals surface area contributed by atoms with Crippen molar-refractivity contribution in [2.24, 2.45) is 4.99 Å². The number of guanidine groups is 1. The molecule has 4 rings (SSSR count). The molecule has 2 N–H and O–H groups in total. The van der Waals surface area contributed by atoms with Gasteiger partial charge in [-0.1, -0.05) is 48.5 Å². The minimum atomic E-state index is -0.239. The van der Waals surface area contributed by atoms with Gasteiger partial charge < -0.3 is 19.9 Å². The van der Waals surface area contributed by atoms with Gasteiger partial charge in [0, 0.05) is 38.0 Å². The van der Waals surface area contributed by atoms with Gasteiger partial charge in [-0.25, -0.2) is 4.98 Å². The monoisotopic (exact) mass is 531 g/mol. The number of nitrogens with zero attached hydrogens (tertiary/aromatic N) is 3. The Labute approximate surface area is 201 Å². The number of hydrogen-bond donors (Lipinski definition) is 2. The molecule has 31 heavy (non-hydrogen) atoms. The first-order valence-corrected chi connectivity index (χ1v) is 10.3. The molecular formula is C24H30IN5O. The molecule has 0 saturated heterocycles. The number of hydrogen-bond acceptors (Lipinski definition) is 3. The molecule has 0 amide bonds. The third kappa shape index (κ3) is 5.78. The summed E-state index contributed by atoms with van der Waals surface area (Å²) in [4.78, 5) is 8.95. The van der Waals surface area contributed by atoms with E-state index in [-0.39, 0.29) is 35.6 Å². The molecule has 0 fully saturated rings. The number of fused-ring (bicyclic) bond motifs is 1. The summed E-state index contributed by atoms with van der Waals surface area (Å²) < 4.78 is 8.30. The molecular weight excluding hydrogens is 501 g/mol. The van der Waals surface area contributed by atoms with Crippen LogP contribution in [0.15, 0.2) is 72.0 Å². The Morgan fingerprint density at radius 2 is 1.90 bits per heavy atom. The molecule has 164 valence electrons. The number of para-hydroxylation sites is 1. The van der Waals surface area contributed by atoms with E-state index in [2.05, 4.69) is 69.4 Å². The van der Waals surface area contributed by atoms with Crippen LogP contribution in [-0.4, -0.2) is 28.2 Å². The molecule has 7 heteroatoms. The number of nitrogens with one attached hydrogen (secondary N) is 2. The predicted octanol–water partition coefficient (Wildman–Crippen LogP) is 4.52. The lowest BCUT2D eigenvalue weighted by molar-refractivity contribution is 0.0694. The number of halogens is 1. The van der Waals surface area contributed by atoms with Crippen molar-refractivity contribution in [2.75, 3.05) is 7.05 Å². The highest BCUT2D eigenvalue weighted by atomic mass is 127. The van der Waals surface area contributed by atoms with Crippen molar-refractivity contribution < 1.29 is 4.74 Å². The number of aromatic nitrogens is 2. The summed E-state index contributed by atoms with van der Waals surface area (Å²) in [6.07, 6.45) is 4.71. The zero-order chi connectivity index (χ0) is 21.0. The van der Waals surface area contributed by atoms with E-state index in [4.69, 9.17) is 4.74 Å². The minimum absolute atomic E-state index is 0. The second-order valence-corrected chi connectivity index (χ2v) is 8.18. The van der Waals surface area contributed by atoms with Crippen LogP contribution in [0.4, 0.5) is 0 Å². The Hall–Kier alpha value is -2.55. The molecule has 0 spiro atoms. The van der Waals surface area contributed by atoms with Crippen LogP contribution in [0.5, 0.6) is 5.75 Å². The third-order valence-electron chi connectivity index (χ3n) is 5.32. The van der Waals surface area contributed by atoms with Crippen LogP contribution in [0, 0.1) is 0 Å².